The number of amides is 1. The first-order chi connectivity index (χ1) is 17.8. The van der Waals surface area contributed by atoms with E-state index in [4.69, 9.17) is 9.84 Å². The number of aromatic nitrogens is 1. The second kappa shape index (κ2) is 10.4. The van der Waals surface area contributed by atoms with Crippen molar-refractivity contribution in [1.29, 1.82) is 0 Å². The van der Waals surface area contributed by atoms with Gasteiger partial charge in [0.1, 0.15) is 11.9 Å². The molecule has 0 aliphatic rings. The minimum atomic E-state index is -0.998. The lowest BCUT2D eigenvalue weighted by atomic mass is 10.1. The Kier molecular flexibility index (Phi) is 7.05. The Labute approximate surface area is 224 Å². The Morgan fingerprint density at radius 1 is 1.05 bits per heavy atom. The number of aliphatic carboxylic acids is 1. The standard InChI is InChI=1S/C27H21FN2O4S3/c1-14-25(29-27(33)34-15(2)17-6-4-3-5-7-17)26(37-30-14)23-13-22-21(36-23)12-20(35-22)18-9-8-16(10-19(18)28)11-24(31)32/h3-10,12-13,15H,11H2,1-2H3,(H,29,33)(H,31,32)/t15-/m1/s1. The molecule has 0 spiro atoms. The Morgan fingerprint density at radius 3 is 2.46 bits per heavy atom. The molecule has 0 fully saturated rings. The number of hydrogen-bond acceptors (Lipinski definition) is 7. The van der Waals surface area contributed by atoms with E-state index in [0.29, 0.717) is 22.5 Å². The van der Waals surface area contributed by atoms with E-state index in [1.165, 1.54) is 40.3 Å². The van der Waals surface area contributed by atoms with Crippen LogP contribution in [0.5, 0.6) is 0 Å². The number of carboxylic acids is 1. The fraction of sp³-hybridized carbons (Fsp3) is 0.148. The van der Waals surface area contributed by atoms with E-state index >= 15 is 0 Å². The van der Waals surface area contributed by atoms with E-state index in [-0.39, 0.29) is 6.42 Å². The highest BCUT2D eigenvalue weighted by Crippen LogP contribution is 2.45. The van der Waals surface area contributed by atoms with E-state index < -0.39 is 24.0 Å². The van der Waals surface area contributed by atoms with Crippen LogP contribution in [0.15, 0.2) is 60.7 Å². The third-order valence-electron chi connectivity index (χ3n) is 5.73. The summed E-state index contributed by atoms with van der Waals surface area (Å²) in [6, 6.07) is 18.0. The van der Waals surface area contributed by atoms with Gasteiger partial charge in [-0.25, -0.2) is 9.18 Å². The summed E-state index contributed by atoms with van der Waals surface area (Å²) in [5.74, 6) is -1.44. The number of thiophene rings is 2. The number of carboxylic acid groups (broad SMARTS) is 1. The van der Waals surface area contributed by atoms with Crippen molar-refractivity contribution in [3.05, 3.63) is 83.3 Å². The van der Waals surface area contributed by atoms with Gasteiger partial charge >= 0.3 is 12.1 Å². The minimum Gasteiger partial charge on any atom is -0.481 e. The number of nitrogens with one attached hydrogen (secondary N) is 1. The second-order valence-electron chi connectivity index (χ2n) is 8.39. The molecule has 5 rings (SSSR count). The molecular weight excluding hydrogens is 532 g/mol. The number of rotatable bonds is 7. The summed E-state index contributed by atoms with van der Waals surface area (Å²) in [6.45, 7) is 3.66. The Bertz CT molecular complexity index is 1580. The summed E-state index contributed by atoms with van der Waals surface area (Å²) >= 11 is 4.30. The minimum absolute atomic E-state index is 0.219. The van der Waals surface area contributed by atoms with Gasteiger partial charge in [0, 0.05) is 19.8 Å². The molecule has 0 unspecified atom stereocenters. The summed E-state index contributed by atoms with van der Waals surface area (Å²) in [7, 11) is 0. The first kappa shape index (κ1) is 25.1. The maximum Gasteiger partial charge on any atom is 0.412 e. The maximum absolute atomic E-state index is 14.7. The van der Waals surface area contributed by atoms with Gasteiger partial charge in [-0.15, -0.1) is 22.7 Å². The summed E-state index contributed by atoms with van der Waals surface area (Å²) in [5, 5.41) is 11.8. The van der Waals surface area contributed by atoms with Gasteiger partial charge in [-0.2, -0.15) is 4.37 Å². The third kappa shape index (κ3) is 5.41. The van der Waals surface area contributed by atoms with Crippen molar-refractivity contribution in [2.45, 2.75) is 26.4 Å². The first-order valence-electron chi connectivity index (χ1n) is 11.3. The molecule has 37 heavy (non-hydrogen) atoms. The molecule has 3 heterocycles. The number of carbonyl (C=O) groups excluding carboxylic acids is 1. The average Bonchev–Trinajstić information content (AvgIpc) is 3.53. The SMILES string of the molecule is Cc1nsc(-c2cc3sc(-c4ccc(CC(=O)O)cc4F)cc3s2)c1NC(=O)O[C@H](C)c1ccccc1. The number of ether oxygens (including phenoxy) is 1. The lowest BCUT2D eigenvalue weighted by Gasteiger charge is -2.14. The van der Waals surface area contributed by atoms with Gasteiger partial charge in [-0.05, 0) is 54.7 Å². The van der Waals surface area contributed by atoms with E-state index in [9.17, 15) is 14.0 Å². The van der Waals surface area contributed by atoms with Crippen LogP contribution < -0.4 is 5.32 Å². The Hall–Kier alpha value is -3.60. The highest BCUT2D eigenvalue weighted by atomic mass is 32.1. The predicted octanol–water partition coefficient (Wildman–Crippen LogP) is 8.14. The summed E-state index contributed by atoms with van der Waals surface area (Å²) in [6.07, 6.45) is -1.17. The number of aryl methyl sites for hydroxylation is 1. The van der Waals surface area contributed by atoms with Crippen LogP contribution in [0.4, 0.5) is 14.9 Å². The number of anilines is 1. The fourth-order valence-corrected chi connectivity index (χ4v) is 7.26. The van der Waals surface area contributed by atoms with Crippen molar-refractivity contribution >= 4 is 61.4 Å². The van der Waals surface area contributed by atoms with Crippen LogP contribution in [-0.2, 0) is 16.0 Å². The molecule has 6 nitrogen and oxygen atoms in total. The van der Waals surface area contributed by atoms with Crippen molar-refractivity contribution in [1.82, 2.24) is 4.37 Å². The molecule has 0 aliphatic heterocycles. The van der Waals surface area contributed by atoms with Crippen LogP contribution in [0.1, 0.15) is 29.8 Å². The van der Waals surface area contributed by atoms with Crippen LogP contribution in [0.25, 0.3) is 29.6 Å². The van der Waals surface area contributed by atoms with E-state index in [1.807, 2.05) is 56.3 Å². The predicted molar refractivity (Wildman–Crippen MR) is 147 cm³/mol. The zero-order chi connectivity index (χ0) is 26.1. The molecule has 1 amide bonds. The van der Waals surface area contributed by atoms with Gasteiger partial charge in [-0.1, -0.05) is 42.5 Å². The van der Waals surface area contributed by atoms with Gasteiger partial charge < -0.3 is 9.84 Å². The van der Waals surface area contributed by atoms with E-state index in [1.54, 1.807) is 12.1 Å². The quantitative estimate of drug-likeness (QED) is 0.213. The molecule has 188 valence electrons. The largest absolute Gasteiger partial charge is 0.481 e. The lowest BCUT2D eigenvalue weighted by molar-refractivity contribution is -0.136. The highest BCUT2D eigenvalue weighted by Gasteiger charge is 2.21. The Balaban J connectivity index is 1.36. The monoisotopic (exact) mass is 552 g/mol. The summed E-state index contributed by atoms with van der Waals surface area (Å²) in [4.78, 5) is 26.1. The van der Waals surface area contributed by atoms with Crippen LogP contribution >= 0.6 is 34.2 Å². The summed E-state index contributed by atoms with van der Waals surface area (Å²) < 4.78 is 26.7. The van der Waals surface area contributed by atoms with Crippen LogP contribution in [0.3, 0.4) is 0 Å². The molecular formula is C27H21FN2O4S3. The number of benzene rings is 2. The molecule has 0 saturated carbocycles. The summed E-state index contributed by atoms with van der Waals surface area (Å²) in [5.41, 5.74) is 3.08. The number of carbonyl (C=O) groups is 2. The third-order valence-corrected chi connectivity index (χ3v) is 9.17. The van der Waals surface area contributed by atoms with Crippen molar-refractivity contribution in [3.8, 4) is 20.2 Å². The van der Waals surface area contributed by atoms with Crippen molar-refractivity contribution in [2.75, 3.05) is 5.32 Å². The zero-order valence-electron chi connectivity index (χ0n) is 19.8. The second-order valence-corrected chi connectivity index (χ2v) is 11.3. The van der Waals surface area contributed by atoms with Crippen molar-refractivity contribution in [3.63, 3.8) is 0 Å². The Morgan fingerprint density at radius 2 is 1.76 bits per heavy atom. The molecule has 0 saturated heterocycles. The van der Waals surface area contributed by atoms with Crippen molar-refractivity contribution < 1.29 is 23.8 Å². The lowest BCUT2D eigenvalue weighted by Crippen LogP contribution is -2.16. The zero-order valence-corrected chi connectivity index (χ0v) is 22.2. The number of hydrogen-bond donors (Lipinski definition) is 2. The van der Waals surface area contributed by atoms with Gasteiger partial charge in [0.25, 0.3) is 0 Å². The molecule has 5 aromatic rings. The molecule has 10 heteroatoms. The molecule has 0 radical (unpaired) electrons. The molecule has 0 bridgehead atoms. The normalized spacial score (nSPS) is 12.0. The average molecular weight is 553 g/mol. The van der Waals surface area contributed by atoms with Gasteiger partial charge in [0.15, 0.2) is 0 Å². The molecule has 2 N–H and O–H groups in total. The van der Waals surface area contributed by atoms with Crippen molar-refractivity contribution in [2.24, 2.45) is 0 Å². The smallest absolute Gasteiger partial charge is 0.412 e. The molecule has 0 aliphatic carbocycles. The topological polar surface area (TPSA) is 88.5 Å². The number of nitrogens with zero attached hydrogens (tertiary/aromatic N) is 1. The number of halogens is 1. The fourth-order valence-electron chi connectivity index (χ4n) is 3.89. The van der Waals surface area contributed by atoms with Crippen LogP contribution in [-0.4, -0.2) is 21.5 Å². The maximum atomic E-state index is 14.7. The molecule has 2 aromatic carbocycles. The van der Waals surface area contributed by atoms with Gasteiger partial charge in [-0.3, -0.25) is 10.1 Å². The molecule has 3 aromatic heterocycles. The first-order valence-corrected chi connectivity index (χ1v) is 13.7. The van der Waals surface area contributed by atoms with E-state index in [2.05, 4.69) is 9.69 Å². The number of fused-ring (bicyclic) bond motifs is 1. The van der Waals surface area contributed by atoms with Crippen LogP contribution in [0.2, 0.25) is 0 Å². The highest BCUT2D eigenvalue weighted by molar-refractivity contribution is 7.32. The van der Waals surface area contributed by atoms with Gasteiger partial charge in [0.2, 0.25) is 0 Å². The van der Waals surface area contributed by atoms with Gasteiger partial charge in [0.05, 0.1) is 27.6 Å². The molecule has 1 atom stereocenters. The van der Waals surface area contributed by atoms with E-state index in [0.717, 1.165) is 29.6 Å². The van der Waals surface area contributed by atoms with Crippen LogP contribution in [0, 0.1) is 12.7 Å².